The second kappa shape index (κ2) is 7.99. The summed E-state index contributed by atoms with van der Waals surface area (Å²) in [5.41, 5.74) is 2.04. The number of nitrogens with one attached hydrogen (secondary N) is 1. The molecule has 2 aliphatic rings. The van der Waals surface area contributed by atoms with Crippen LogP contribution in [0.4, 0.5) is 4.39 Å². The molecular formula is C23H24FN5O. The largest absolute Gasteiger partial charge is 0.345 e. The van der Waals surface area contributed by atoms with Crippen molar-refractivity contribution in [3.8, 4) is 0 Å². The molecule has 2 atom stereocenters. The molecule has 3 heterocycles. The van der Waals surface area contributed by atoms with Crippen LogP contribution in [0.25, 0.3) is 0 Å². The van der Waals surface area contributed by atoms with Crippen molar-refractivity contribution in [1.29, 1.82) is 0 Å². The summed E-state index contributed by atoms with van der Waals surface area (Å²) in [6, 6.07) is 16.6. The molecule has 6 nitrogen and oxygen atoms in total. The van der Waals surface area contributed by atoms with Gasteiger partial charge in [-0.1, -0.05) is 42.5 Å². The molecule has 30 heavy (non-hydrogen) atoms. The van der Waals surface area contributed by atoms with Gasteiger partial charge in [0.05, 0.1) is 0 Å². The van der Waals surface area contributed by atoms with E-state index >= 15 is 0 Å². The molecule has 0 radical (unpaired) electrons. The minimum Gasteiger partial charge on any atom is -0.345 e. The Bertz CT molecular complexity index is 1050. The Hall–Kier alpha value is -3.06. The fraction of sp³-hybridized carbons (Fsp3) is 0.348. The van der Waals surface area contributed by atoms with Crippen LogP contribution in [0.15, 0.2) is 54.6 Å². The van der Waals surface area contributed by atoms with Crippen LogP contribution in [0.2, 0.25) is 0 Å². The third-order valence-corrected chi connectivity index (χ3v) is 6.14. The third-order valence-electron chi connectivity index (χ3n) is 6.14. The zero-order valence-electron chi connectivity index (χ0n) is 16.7. The Morgan fingerprint density at radius 1 is 1.00 bits per heavy atom. The quantitative estimate of drug-likeness (QED) is 0.709. The molecule has 1 N–H and O–H groups in total. The minimum atomic E-state index is -0.193. The Kier molecular flexibility index (Phi) is 5.04. The molecule has 2 aliphatic heterocycles. The summed E-state index contributed by atoms with van der Waals surface area (Å²) in [5, 5.41) is 11.4. The lowest BCUT2D eigenvalue weighted by Gasteiger charge is -2.25. The highest BCUT2D eigenvalue weighted by Crippen LogP contribution is 2.33. The first-order valence-corrected chi connectivity index (χ1v) is 10.4. The van der Waals surface area contributed by atoms with E-state index in [1.165, 1.54) is 6.07 Å². The number of fused-ring (bicyclic) bond motifs is 2. The Morgan fingerprint density at radius 3 is 2.63 bits per heavy atom. The number of halogens is 1. The van der Waals surface area contributed by atoms with Crippen LogP contribution in [-0.2, 0) is 26.1 Å². The minimum absolute atomic E-state index is 0.189. The number of likely N-dealkylation sites (tertiary alicyclic amines) is 1. The van der Waals surface area contributed by atoms with Crippen LogP contribution in [-0.4, -0.2) is 38.7 Å². The van der Waals surface area contributed by atoms with Crippen molar-refractivity contribution in [2.45, 2.75) is 26.1 Å². The average molecular weight is 405 g/mol. The molecule has 3 aromatic rings. The van der Waals surface area contributed by atoms with Gasteiger partial charge in [-0.05, 0) is 35.1 Å². The number of aromatic nitrogens is 3. The maximum absolute atomic E-state index is 13.5. The molecule has 2 aromatic carbocycles. The van der Waals surface area contributed by atoms with E-state index in [-0.39, 0.29) is 11.7 Å². The van der Waals surface area contributed by atoms with E-state index in [4.69, 9.17) is 0 Å². The first-order valence-electron chi connectivity index (χ1n) is 10.4. The van der Waals surface area contributed by atoms with Crippen molar-refractivity contribution in [3.63, 3.8) is 0 Å². The van der Waals surface area contributed by atoms with Crippen LogP contribution in [0.1, 0.15) is 27.6 Å². The van der Waals surface area contributed by atoms with Gasteiger partial charge in [-0.3, -0.25) is 9.69 Å². The summed E-state index contributed by atoms with van der Waals surface area (Å²) in [6.07, 6.45) is 0.823. The summed E-state index contributed by atoms with van der Waals surface area (Å²) in [7, 11) is 0. The molecule has 0 saturated carbocycles. The molecule has 0 unspecified atom stereocenters. The Balaban J connectivity index is 1.24. The zero-order valence-corrected chi connectivity index (χ0v) is 16.7. The predicted octanol–water partition coefficient (Wildman–Crippen LogP) is 2.65. The molecule has 0 spiro atoms. The second-order valence-corrected chi connectivity index (χ2v) is 8.27. The van der Waals surface area contributed by atoms with Gasteiger partial charge in [0.1, 0.15) is 11.6 Å². The van der Waals surface area contributed by atoms with Gasteiger partial charge in [0.25, 0.3) is 5.91 Å². The van der Waals surface area contributed by atoms with Crippen molar-refractivity contribution in [3.05, 3.63) is 83.2 Å². The highest BCUT2D eigenvalue weighted by atomic mass is 19.1. The van der Waals surface area contributed by atoms with Crippen LogP contribution >= 0.6 is 0 Å². The van der Waals surface area contributed by atoms with Crippen LogP contribution in [0.3, 0.4) is 0 Å². The van der Waals surface area contributed by atoms with E-state index in [9.17, 15) is 9.18 Å². The summed E-state index contributed by atoms with van der Waals surface area (Å²) in [4.78, 5) is 15.1. The molecule has 1 aromatic heterocycles. The molecule has 154 valence electrons. The van der Waals surface area contributed by atoms with Gasteiger partial charge in [-0.25, -0.2) is 4.39 Å². The second-order valence-electron chi connectivity index (χ2n) is 8.27. The maximum atomic E-state index is 13.5. The topological polar surface area (TPSA) is 63.1 Å². The SMILES string of the molecule is O=C(NCc1ccccc1)c1nnc2n1C[C@H]1CN(Cc3cccc(F)c3)C[C@@H]1C2. The van der Waals surface area contributed by atoms with Gasteiger partial charge in [0.2, 0.25) is 5.82 Å². The van der Waals surface area contributed by atoms with Crippen LogP contribution in [0, 0.1) is 17.7 Å². The Morgan fingerprint density at radius 2 is 1.80 bits per heavy atom. The molecule has 1 amide bonds. The van der Waals surface area contributed by atoms with Crippen LogP contribution < -0.4 is 5.32 Å². The highest BCUT2D eigenvalue weighted by Gasteiger charge is 2.39. The standard InChI is InChI=1S/C23H24FN5O/c24-20-8-4-7-17(9-20)12-28-13-18-10-21-26-27-22(29(21)15-19(18)14-28)23(30)25-11-16-5-2-1-3-6-16/h1-9,18-19H,10-15H2,(H,25,30)/t18-,19+/m0/s1. The predicted molar refractivity (Wildman–Crippen MR) is 110 cm³/mol. The number of rotatable bonds is 5. The fourth-order valence-corrected chi connectivity index (χ4v) is 4.67. The van der Waals surface area contributed by atoms with Crippen molar-refractivity contribution < 1.29 is 9.18 Å². The van der Waals surface area contributed by atoms with E-state index in [0.717, 1.165) is 49.6 Å². The van der Waals surface area contributed by atoms with E-state index in [1.54, 1.807) is 12.1 Å². The number of carbonyl (C=O) groups is 1. The maximum Gasteiger partial charge on any atom is 0.289 e. The normalized spacial score (nSPS) is 20.6. The summed E-state index contributed by atoms with van der Waals surface area (Å²) in [5.74, 6) is 1.84. The van der Waals surface area contributed by atoms with Gasteiger partial charge in [-0.2, -0.15) is 0 Å². The number of amides is 1. The van der Waals surface area contributed by atoms with Gasteiger partial charge in [0, 0.05) is 39.1 Å². The zero-order chi connectivity index (χ0) is 20.5. The smallest absolute Gasteiger partial charge is 0.289 e. The Labute approximate surface area is 174 Å². The number of benzene rings is 2. The summed E-state index contributed by atoms with van der Waals surface area (Å²) >= 11 is 0. The van der Waals surface area contributed by atoms with Gasteiger partial charge < -0.3 is 9.88 Å². The van der Waals surface area contributed by atoms with E-state index < -0.39 is 0 Å². The number of nitrogens with zero attached hydrogens (tertiary/aromatic N) is 4. The highest BCUT2D eigenvalue weighted by molar-refractivity contribution is 5.90. The molecular weight excluding hydrogens is 381 g/mol. The van der Waals surface area contributed by atoms with Crippen molar-refractivity contribution in [2.24, 2.45) is 11.8 Å². The third kappa shape index (κ3) is 3.85. The molecule has 7 heteroatoms. The fourth-order valence-electron chi connectivity index (χ4n) is 4.67. The lowest BCUT2D eigenvalue weighted by Crippen LogP contribution is -2.32. The average Bonchev–Trinajstić information content (AvgIpc) is 3.33. The summed E-state index contributed by atoms with van der Waals surface area (Å²) < 4.78 is 15.5. The number of hydrogen-bond acceptors (Lipinski definition) is 4. The molecule has 1 fully saturated rings. The van der Waals surface area contributed by atoms with E-state index in [1.807, 2.05) is 41.0 Å². The van der Waals surface area contributed by atoms with Crippen molar-refractivity contribution in [2.75, 3.05) is 13.1 Å². The van der Waals surface area contributed by atoms with E-state index in [0.29, 0.717) is 24.2 Å². The molecule has 0 aliphatic carbocycles. The number of carbonyl (C=O) groups excluding carboxylic acids is 1. The molecule has 5 rings (SSSR count). The lowest BCUT2D eigenvalue weighted by atomic mass is 9.89. The lowest BCUT2D eigenvalue weighted by molar-refractivity contribution is 0.0932. The van der Waals surface area contributed by atoms with Crippen molar-refractivity contribution >= 4 is 5.91 Å². The van der Waals surface area contributed by atoms with Crippen LogP contribution in [0.5, 0.6) is 0 Å². The molecule has 0 bridgehead atoms. The van der Waals surface area contributed by atoms with Gasteiger partial charge >= 0.3 is 0 Å². The van der Waals surface area contributed by atoms with Crippen molar-refractivity contribution in [1.82, 2.24) is 25.0 Å². The first kappa shape index (κ1) is 18.9. The van der Waals surface area contributed by atoms with Gasteiger partial charge in [0.15, 0.2) is 0 Å². The van der Waals surface area contributed by atoms with Gasteiger partial charge in [-0.15, -0.1) is 10.2 Å². The summed E-state index contributed by atoms with van der Waals surface area (Å²) in [6.45, 7) is 3.86. The first-order chi connectivity index (χ1) is 14.7. The van der Waals surface area contributed by atoms with E-state index in [2.05, 4.69) is 20.4 Å². The number of hydrogen-bond donors (Lipinski definition) is 1. The molecule has 1 saturated heterocycles. The monoisotopic (exact) mass is 405 g/mol.